The summed E-state index contributed by atoms with van der Waals surface area (Å²) in [5, 5.41) is 4.39. The maximum Gasteiger partial charge on any atom is 0.137 e. The number of para-hydroxylation sites is 1. The van der Waals surface area contributed by atoms with E-state index < -0.39 is 5.41 Å². The number of hydrogen-bond donors (Lipinski definition) is 0. The van der Waals surface area contributed by atoms with E-state index in [9.17, 15) is 0 Å². The Morgan fingerprint density at radius 3 is 1.48 bits per heavy atom. The van der Waals surface area contributed by atoms with Gasteiger partial charge in [-0.15, -0.1) is 0 Å². The zero-order valence-corrected chi connectivity index (χ0v) is 31.5. The van der Waals surface area contributed by atoms with Crippen LogP contribution in [-0.2, 0) is 5.41 Å². The highest BCUT2D eigenvalue weighted by Gasteiger charge is 2.46. The van der Waals surface area contributed by atoms with Crippen LogP contribution in [0.15, 0.2) is 221 Å². The summed E-state index contributed by atoms with van der Waals surface area (Å²) in [6, 6.07) is 76.1. The smallest absolute Gasteiger partial charge is 0.137 e. The second-order valence-corrected chi connectivity index (χ2v) is 15.2. The normalized spacial score (nSPS) is 13.0. The summed E-state index contributed by atoms with van der Waals surface area (Å²) in [5.74, 6) is 0. The Hall–Kier alpha value is -7.62. The second-order valence-electron chi connectivity index (χ2n) is 15.2. The summed E-state index contributed by atoms with van der Waals surface area (Å²) in [6.45, 7) is 0. The van der Waals surface area contributed by atoms with Crippen LogP contribution in [0, 0.1) is 0 Å². The molecule has 12 rings (SSSR count). The van der Waals surface area contributed by atoms with Gasteiger partial charge < -0.3 is 13.7 Å². The van der Waals surface area contributed by atoms with E-state index in [1.54, 1.807) is 0 Å². The topological polar surface area (TPSA) is 29.5 Å². The van der Waals surface area contributed by atoms with Gasteiger partial charge in [0, 0.05) is 50.7 Å². The van der Waals surface area contributed by atoms with Crippen LogP contribution in [0.4, 0.5) is 17.1 Å². The number of anilines is 3. The van der Waals surface area contributed by atoms with Crippen molar-refractivity contribution >= 4 is 60.9 Å². The Morgan fingerprint density at radius 1 is 0.310 bits per heavy atom. The molecule has 0 saturated carbocycles. The molecular formula is C55H35NO2. The van der Waals surface area contributed by atoms with E-state index in [-0.39, 0.29) is 0 Å². The molecule has 58 heavy (non-hydrogen) atoms. The van der Waals surface area contributed by atoms with E-state index in [4.69, 9.17) is 8.83 Å². The fourth-order valence-corrected chi connectivity index (χ4v) is 9.58. The fourth-order valence-electron chi connectivity index (χ4n) is 9.58. The van der Waals surface area contributed by atoms with Crippen LogP contribution in [0.1, 0.15) is 22.3 Å². The van der Waals surface area contributed by atoms with Crippen molar-refractivity contribution in [1.29, 1.82) is 0 Å². The lowest BCUT2D eigenvalue weighted by atomic mass is 9.67. The fraction of sp³-hybridized carbons (Fsp3) is 0.0182. The predicted octanol–water partition coefficient (Wildman–Crippen LogP) is 15.0. The maximum atomic E-state index is 6.75. The first-order valence-corrected chi connectivity index (χ1v) is 19.8. The molecule has 11 aromatic rings. The highest BCUT2D eigenvalue weighted by molar-refractivity contribution is 6.08. The van der Waals surface area contributed by atoms with Gasteiger partial charge in [-0.25, -0.2) is 0 Å². The van der Waals surface area contributed by atoms with Crippen molar-refractivity contribution in [1.82, 2.24) is 0 Å². The number of hydrogen-bond acceptors (Lipinski definition) is 3. The molecular weight excluding hydrogens is 707 g/mol. The zero-order valence-electron chi connectivity index (χ0n) is 31.5. The molecule has 0 amide bonds. The molecule has 2 aromatic heterocycles. The Bertz CT molecular complexity index is 3290. The molecule has 1 aliphatic carbocycles. The van der Waals surface area contributed by atoms with E-state index in [0.717, 1.165) is 60.9 Å². The minimum Gasteiger partial charge on any atom is -0.456 e. The summed E-state index contributed by atoms with van der Waals surface area (Å²) in [6.07, 6.45) is 0. The van der Waals surface area contributed by atoms with Gasteiger partial charge in [0.15, 0.2) is 0 Å². The summed E-state index contributed by atoms with van der Waals surface area (Å²) < 4.78 is 13.1. The van der Waals surface area contributed by atoms with E-state index in [1.807, 2.05) is 12.1 Å². The molecule has 0 atom stereocenters. The van der Waals surface area contributed by atoms with E-state index in [0.29, 0.717) is 0 Å². The molecule has 0 N–H and O–H groups in total. The predicted molar refractivity (Wildman–Crippen MR) is 238 cm³/mol. The van der Waals surface area contributed by atoms with Gasteiger partial charge >= 0.3 is 0 Å². The van der Waals surface area contributed by atoms with Gasteiger partial charge in [-0.3, -0.25) is 0 Å². The van der Waals surface area contributed by atoms with Crippen LogP contribution in [0.25, 0.3) is 66.1 Å². The van der Waals surface area contributed by atoms with E-state index in [1.165, 1.54) is 44.5 Å². The van der Waals surface area contributed by atoms with Gasteiger partial charge in [0.1, 0.15) is 22.3 Å². The first-order valence-electron chi connectivity index (χ1n) is 19.8. The molecule has 0 aliphatic heterocycles. The minimum absolute atomic E-state index is 0.482. The molecule has 0 spiro atoms. The zero-order chi connectivity index (χ0) is 38.2. The molecule has 2 heterocycles. The Morgan fingerprint density at radius 2 is 0.810 bits per heavy atom. The minimum atomic E-state index is -0.482. The second kappa shape index (κ2) is 12.7. The SMILES string of the molecule is c1ccc(-c2ccc(N(c3ccc4c(c3)oc3ccccc34)c3ccc4c(c3)oc3ccc(C5(c6ccccc6)c6ccccc6-c6ccccc65)cc34)cc2)cc1. The van der Waals surface area contributed by atoms with E-state index in [2.05, 4.69) is 205 Å². The van der Waals surface area contributed by atoms with Crippen molar-refractivity contribution < 1.29 is 8.83 Å². The molecule has 9 aromatic carbocycles. The molecule has 272 valence electrons. The lowest BCUT2D eigenvalue weighted by Gasteiger charge is -2.33. The molecule has 3 heteroatoms. The molecule has 0 fully saturated rings. The van der Waals surface area contributed by atoms with Crippen LogP contribution in [-0.4, -0.2) is 0 Å². The molecule has 0 bridgehead atoms. The number of nitrogens with zero attached hydrogens (tertiary/aromatic N) is 1. The molecule has 3 nitrogen and oxygen atoms in total. The van der Waals surface area contributed by atoms with Crippen LogP contribution >= 0.6 is 0 Å². The number of rotatable bonds is 6. The van der Waals surface area contributed by atoms with Crippen LogP contribution in [0.3, 0.4) is 0 Å². The van der Waals surface area contributed by atoms with Crippen molar-refractivity contribution in [3.63, 3.8) is 0 Å². The summed E-state index contributed by atoms with van der Waals surface area (Å²) in [5.41, 5.74) is 16.0. The average Bonchev–Trinajstić information content (AvgIpc) is 3.95. The van der Waals surface area contributed by atoms with Crippen molar-refractivity contribution in [3.8, 4) is 22.3 Å². The lowest BCUT2D eigenvalue weighted by Crippen LogP contribution is -2.28. The first-order chi connectivity index (χ1) is 28.7. The molecule has 0 unspecified atom stereocenters. The quantitative estimate of drug-likeness (QED) is 0.170. The highest BCUT2D eigenvalue weighted by atomic mass is 16.3. The van der Waals surface area contributed by atoms with E-state index >= 15 is 0 Å². The van der Waals surface area contributed by atoms with Gasteiger partial charge in [-0.1, -0.05) is 146 Å². The van der Waals surface area contributed by atoms with Crippen LogP contribution in [0.2, 0.25) is 0 Å². The summed E-state index contributed by atoms with van der Waals surface area (Å²) in [7, 11) is 0. The average molecular weight is 742 g/mol. The van der Waals surface area contributed by atoms with Crippen molar-refractivity contribution in [2.75, 3.05) is 4.90 Å². The number of furan rings is 2. The third kappa shape index (κ3) is 4.80. The Balaban J connectivity index is 1.03. The van der Waals surface area contributed by atoms with Crippen molar-refractivity contribution in [3.05, 3.63) is 235 Å². The van der Waals surface area contributed by atoms with Crippen molar-refractivity contribution in [2.24, 2.45) is 0 Å². The van der Waals surface area contributed by atoms with Gasteiger partial charge in [0.2, 0.25) is 0 Å². The van der Waals surface area contributed by atoms with Gasteiger partial charge in [-0.05, 0) is 99.1 Å². The first kappa shape index (κ1) is 32.6. The Kier molecular flexibility index (Phi) is 7.14. The molecule has 0 saturated heterocycles. The van der Waals surface area contributed by atoms with Crippen molar-refractivity contribution in [2.45, 2.75) is 5.41 Å². The standard InChI is InChI=1S/C55H35NO2/c1-3-13-36(14-4-1)37-23-26-40(27-24-37)56(41-28-30-46-45-19-9-12-22-51(45)57-53(46)34-41)42-29-31-47-48-33-39(25-32-52(48)58-54(47)35-42)55(38-15-5-2-6-16-38)49-20-10-7-17-43(49)44-18-8-11-21-50(44)55/h1-35H. The highest BCUT2D eigenvalue weighted by Crippen LogP contribution is 2.56. The van der Waals surface area contributed by atoms with Gasteiger partial charge in [-0.2, -0.15) is 0 Å². The number of benzene rings is 9. The van der Waals surface area contributed by atoms with Gasteiger partial charge in [0.05, 0.1) is 5.41 Å². The molecule has 0 radical (unpaired) electrons. The van der Waals surface area contributed by atoms with Crippen LogP contribution in [0.5, 0.6) is 0 Å². The maximum absolute atomic E-state index is 6.75. The third-order valence-corrected chi connectivity index (χ3v) is 12.2. The monoisotopic (exact) mass is 741 g/mol. The van der Waals surface area contributed by atoms with Gasteiger partial charge in [0.25, 0.3) is 0 Å². The third-order valence-electron chi connectivity index (χ3n) is 12.2. The summed E-state index contributed by atoms with van der Waals surface area (Å²) in [4.78, 5) is 2.29. The lowest BCUT2D eigenvalue weighted by molar-refractivity contribution is 0.668. The Labute approximate surface area is 335 Å². The molecule has 1 aliphatic rings. The summed E-state index contributed by atoms with van der Waals surface area (Å²) >= 11 is 0. The number of fused-ring (bicyclic) bond motifs is 9. The van der Waals surface area contributed by atoms with Crippen LogP contribution < -0.4 is 4.90 Å². The largest absolute Gasteiger partial charge is 0.456 e.